The zero-order chi connectivity index (χ0) is 27.3. The van der Waals surface area contributed by atoms with E-state index in [1.807, 2.05) is 0 Å². The fourth-order valence-electron chi connectivity index (χ4n) is 5.65. The number of hydrogen-bond donors (Lipinski definition) is 1. The molecule has 2 aliphatic carbocycles. The number of fused-ring (bicyclic) bond motifs is 5. The van der Waals surface area contributed by atoms with Gasteiger partial charge in [-0.25, -0.2) is 4.79 Å². The fourth-order valence-corrected chi connectivity index (χ4v) is 6.54. The van der Waals surface area contributed by atoms with Crippen molar-refractivity contribution in [2.45, 2.75) is 17.2 Å². The van der Waals surface area contributed by atoms with E-state index in [-0.39, 0.29) is 51.3 Å². The number of ether oxygens (including phenoxy) is 2. The monoisotopic (exact) mass is 561 g/mol. The van der Waals surface area contributed by atoms with Crippen molar-refractivity contribution in [1.82, 2.24) is 0 Å². The topological polar surface area (TPSA) is 145 Å². The molecule has 38 heavy (non-hydrogen) atoms. The van der Waals surface area contributed by atoms with E-state index in [2.05, 4.69) is 5.32 Å². The van der Waals surface area contributed by atoms with Crippen molar-refractivity contribution < 1.29 is 33.6 Å². The molecule has 0 aromatic heterocycles. The number of carbonyl (C=O) groups excluding carboxylic acids is 4. The summed E-state index contributed by atoms with van der Waals surface area (Å²) >= 11 is 12.8. The van der Waals surface area contributed by atoms with E-state index in [0.717, 1.165) is 4.90 Å². The number of nitro groups is 1. The maximum Gasteiger partial charge on any atom is 0.338 e. The molecule has 2 aromatic carbocycles. The van der Waals surface area contributed by atoms with Gasteiger partial charge in [0.05, 0.1) is 45.9 Å². The van der Waals surface area contributed by atoms with Gasteiger partial charge < -0.3 is 14.8 Å². The second-order valence-electron chi connectivity index (χ2n) is 9.33. The minimum absolute atomic E-state index is 0.0786. The summed E-state index contributed by atoms with van der Waals surface area (Å²) in [7, 11) is 1.37. The average Bonchev–Trinajstić information content (AvgIpc) is 3.51. The Hall–Kier alpha value is -3.70. The molecule has 1 N–H and O–H groups in total. The van der Waals surface area contributed by atoms with E-state index in [9.17, 15) is 29.3 Å². The number of rotatable bonds is 7. The van der Waals surface area contributed by atoms with Crippen LogP contribution in [0.4, 0.5) is 17.1 Å². The van der Waals surface area contributed by atoms with E-state index in [0.29, 0.717) is 17.9 Å². The molecule has 3 aliphatic rings. The van der Waals surface area contributed by atoms with Gasteiger partial charge in [-0.2, -0.15) is 0 Å². The molecule has 1 aliphatic heterocycles. The average molecular weight is 562 g/mol. The molecule has 13 heteroatoms. The number of alkyl halides is 2. The molecule has 11 nitrogen and oxygen atoms in total. The smallest absolute Gasteiger partial charge is 0.338 e. The molecule has 1 saturated heterocycles. The first kappa shape index (κ1) is 25.9. The summed E-state index contributed by atoms with van der Waals surface area (Å²) in [5.41, 5.74) is -0.0770. The Morgan fingerprint density at radius 2 is 1.66 bits per heavy atom. The number of imide groups is 1. The van der Waals surface area contributed by atoms with Gasteiger partial charge in [0.2, 0.25) is 11.8 Å². The Kier molecular flexibility index (Phi) is 6.74. The van der Waals surface area contributed by atoms with E-state index in [1.165, 1.54) is 49.6 Å². The highest BCUT2D eigenvalue weighted by Crippen LogP contribution is 2.59. The molecule has 2 bridgehead atoms. The molecular weight excluding hydrogens is 541 g/mol. The normalized spacial score (nSPS) is 27.3. The Morgan fingerprint density at radius 3 is 2.21 bits per heavy atom. The van der Waals surface area contributed by atoms with Gasteiger partial charge in [-0.15, -0.1) is 23.2 Å². The number of hydrogen-bond acceptors (Lipinski definition) is 8. The molecular formula is C25H21Cl2N3O8. The predicted molar refractivity (Wildman–Crippen MR) is 135 cm³/mol. The van der Waals surface area contributed by atoms with Gasteiger partial charge in [0, 0.05) is 12.1 Å². The van der Waals surface area contributed by atoms with Crippen molar-refractivity contribution in [3.8, 4) is 5.75 Å². The minimum atomic E-state index is -0.837. The maximum absolute atomic E-state index is 13.1. The first-order valence-electron chi connectivity index (χ1n) is 11.7. The van der Waals surface area contributed by atoms with Crippen LogP contribution in [-0.2, 0) is 19.1 Å². The Balaban J connectivity index is 1.22. The molecule has 0 spiro atoms. The summed E-state index contributed by atoms with van der Waals surface area (Å²) in [6, 6.07) is 9.48. The third kappa shape index (κ3) is 4.25. The number of amides is 3. The van der Waals surface area contributed by atoms with Crippen LogP contribution in [0.5, 0.6) is 5.75 Å². The number of methoxy groups -OCH3 is 1. The van der Waals surface area contributed by atoms with Crippen LogP contribution in [0.25, 0.3) is 0 Å². The molecule has 0 unspecified atom stereocenters. The van der Waals surface area contributed by atoms with E-state index < -0.39 is 35.2 Å². The zero-order valence-corrected chi connectivity index (χ0v) is 21.3. The number of carbonyl (C=O) groups is 4. The summed E-state index contributed by atoms with van der Waals surface area (Å²) in [6.07, 6.45) is 0.659. The standard InChI is InChI=1S/C25H21Cl2N3O8/c1-37-13-6-7-17(30(35)36)16(8-13)28-18(31)10-38-25(34)11-2-4-12(5-3-11)29-23(32)19-14-9-15(20(19)24(29)33)22(27)21(14)26/h2-8,14-15,19-22H,9-10H2,1H3,(H,28,31)/t14-,15-,19-,20-,21-,22+/m1/s1. The molecule has 3 fully saturated rings. The number of nitrogens with one attached hydrogen (secondary N) is 1. The van der Waals surface area contributed by atoms with Gasteiger partial charge in [0.15, 0.2) is 6.61 Å². The highest BCUT2D eigenvalue weighted by molar-refractivity contribution is 6.32. The van der Waals surface area contributed by atoms with Gasteiger partial charge in [0.25, 0.3) is 11.6 Å². The van der Waals surface area contributed by atoms with Gasteiger partial charge in [-0.3, -0.25) is 29.4 Å². The van der Waals surface area contributed by atoms with Crippen LogP contribution in [0.15, 0.2) is 42.5 Å². The lowest BCUT2D eigenvalue weighted by Gasteiger charge is -2.28. The first-order valence-corrected chi connectivity index (χ1v) is 12.5. The van der Waals surface area contributed by atoms with Gasteiger partial charge in [-0.1, -0.05) is 0 Å². The highest BCUT2D eigenvalue weighted by Gasteiger charge is 2.66. The van der Waals surface area contributed by atoms with Crippen LogP contribution in [-0.4, -0.2) is 53.1 Å². The Morgan fingerprint density at radius 1 is 1.05 bits per heavy atom. The summed E-state index contributed by atoms with van der Waals surface area (Å²) in [5, 5.41) is 12.8. The van der Waals surface area contributed by atoms with E-state index in [1.54, 1.807) is 0 Å². The van der Waals surface area contributed by atoms with Crippen molar-refractivity contribution in [3.63, 3.8) is 0 Å². The second-order valence-corrected chi connectivity index (χ2v) is 10.3. The summed E-state index contributed by atoms with van der Waals surface area (Å²) in [6.45, 7) is -0.705. The predicted octanol–water partition coefficient (Wildman–Crippen LogP) is 3.37. The SMILES string of the molecule is COc1ccc([N+](=O)[O-])c(NC(=O)COC(=O)c2ccc(N3C(=O)[C@@H]4[C@H]5C[C@@H]([C@@H](Cl)[C@H]5Cl)[C@H]4C3=O)cc2)c1. The van der Waals surface area contributed by atoms with Crippen LogP contribution >= 0.6 is 23.2 Å². The Bertz CT molecular complexity index is 1320. The minimum Gasteiger partial charge on any atom is -0.497 e. The molecule has 6 atom stereocenters. The lowest BCUT2D eigenvalue weighted by Crippen LogP contribution is -2.37. The lowest BCUT2D eigenvalue weighted by molar-refractivity contribution is -0.383. The third-order valence-electron chi connectivity index (χ3n) is 7.36. The zero-order valence-electron chi connectivity index (χ0n) is 19.8. The van der Waals surface area contributed by atoms with E-state index in [4.69, 9.17) is 32.7 Å². The number of esters is 1. The number of nitro benzene ring substituents is 1. The van der Waals surface area contributed by atoms with Crippen molar-refractivity contribution in [2.75, 3.05) is 23.9 Å². The molecule has 1 heterocycles. The van der Waals surface area contributed by atoms with Crippen molar-refractivity contribution in [2.24, 2.45) is 23.7 Å². The number of halogens is 2. The number of anilines is 2. The van der Waals surface area contributed by atoms with Crippen LogP contribution in [0.3, 0.4) is 0 Å². The van der Waals surface area contributed by atoms with Crippen LogP contribution in [0.2, 0.25) is 0 Å². The van der Waals surface area contributed by atoms with Crippen LogP contribution < -0.4 is 15.0 Å². The Labute approximate surface area is 226 Å². The lowest BCUT2D eigenvalue weighted by atomic mass is 9.80. The molecule has 198 valence electrons. The van der Waals surface area contributed by atoms with E-state index >= 15 is 0 Å². The highest BCUT2D eigenvalue weighted by atomic mass is 35.5. The fraction of sp³-hybridized carbons (Fsp3) is 0.360. The second kappa shape index (κ2) is 9.88. The third-order valence-corrected chi connectivity index (χ3v) is 8.68. The number of benzene rings is 2. The molecule has 2 aromatic rings. The van der Waals surface area contributed by atoms with Crippen molar-refractivity contribution in [3.05, 3.63) is 58.1 Å². The summed E-state index contributed by atoms with van der Waals surface area (Å²) < 4.78 is 10.0. The van der Waals surface area contributed by atoms with Gasteiger partial charge in [0.1, 0.15) is 11.4 Å². The quantitative estimate of drug-likeness (QED) is 0.178. The molecule has 5 rings (SSSR count). The molecule has 0 radical (unpaired) electrons. The van der Waals surface area contributed by atoms with Gasteiger partial charge >= 0.3 is 5.97 Å². The largest absolute Gasteiger partial charge is 0.497 e. The van der Waals surface area contributed by atoms with Crippen molar-refractivity contribution in [1.29, 1.82) is 0 Å². The first-order chi connectivity index (χ1) is 18.1. The van der Waals surface area contributed by atoms with Gasteiger partial charge in [-0.05, 0) is 48.6 Å². The maximum atomic E-state index is 13.1. The summed E-state index contributed by atoms with van der Waals surface area (Å²) in [4.78, 5) is 62.6. The number of nitrogens with zero attached hydrogens (tertiary/aromatic N) is 2. The van der Waals surface area contributed by atoms with Crippen LogP contribution in [0, 0.1) is 33.8 Å². The van der Waals surface area contributed by atoms with Crippen molar-refractivity contribution >= 4 is 64.0 Å². The van der Waals surface area contributed by atoms with Crippen LogP contribution in [0.1, 0.15) is 16.8 Å². The summed E-state index contributed by atoms with van der Waals surface area (Å²) in [5.74, 6) is -3.25. The molecule has 3 amide bonds. The molecule has 2 saturated carbocycles.